The lowest BCUT2D eigenvalue weighted by atomic mass is 10.2. The standard InChI is InChI=1S/C12H16N4O4/c1-19-9-6-14-3-2-8(9)12(17)16-4-5-20-10(7-16)11(13)15-18/h2-3,6,10,18H,4-5,7H2,1H3,(H2,13,15). The van der Waals surface area contributed by atoms with E-state index in [0.29, 0.717) is 24.5 Å². The number of methoxy groups -OCH3 is 1. The van der Waals surface area contributed by atoms with E-state index in [-0.39, 0.29) is 18.3 Å². The van der Waals surface area contributed by atoms with Gasteiger partial charge in [0.2, 0.25) is 0 Å². The molecule has 1 aromatic heterocycles. The second-order valence-corrected chi connectivity index (χ2v) is 4.21. The van der Waals surface area contributed by atoms with E-state index in [1.807, 2.05) is 0 Å². The third-order valence-corrected chi connectivity index (χ3v) is 3.03. The van der Waals surface area contributed by atoms with Crippen LogP contribution in [-0.4, -0.2) is 59.7 Å². The number of carbonyl (C=O) groups excluding carboxylic acids is 1. The fourth-order valence-electron chi connectivity index (χ4n) is 1.97. The number of ether oxygens (including phenoxy) is 2. The molecule has 0 aromatic carbocycles. The summed E-state index contributed by atoms with van der Waals surface area (Å²) >= 11 is 0. The number of hydrogen-bond donors (Lipinski definition) is 2. The summed E-state index contributed by atoms with van der Waals surface area (Å²) in [5.41, 5.74) is 5.93. The highest BCUT2D eigenvalue weighted by Gasteiger charge is 2.28. The number of nitrogens with zero attached hydrogens (tertiary/aromatic N) is 3. The Kier molecular flexibility index (Phi) is 4.36. The van der Waals surface area contributed by atoms with Crippen molar-refractivity contribution in [1.29, 1.82) is 0 Å². The van der Waals surface area contributed by atoms with Crippen LogP contribution < -0.4 is 10.5 Å². The number of morpholine rings is 1. The number of rotatable bonds is 3. The molecular weight excluding hydrogens is 264 g/mol. The second kappa shape index (κ2) is 6.20. The van der Waals surface area contributed by atoms with Crippen LogP contribution in [0.25, 0.3) is 0 Å². The van der Waals surface area contributed by atoms with E-state index >= 15 is 0 Å². The van der Waals surface area contributed by atoms with Gasteiger partial charge in [-0.3, -0.25) is 9.78 Å². The molecule has 1 aromatic rings. The zero-order valence-electron chi connectivity index (χ0n) is 11.0. The van der Waals surface area contributed by atoms with Gasteiger partial charge in [0.25, 0.3) is 5.91 Å². The predicted octanol–water partition coefficient (Wildman–Crippen LogP) is -0.322. The Morgan fingerprint density at radius 1 is 1.70 bits per heavy atom. The SMILES string of the molecule is COc1cnccc1C(=O)N1CCOC(/C(N)=N/O)C1. The largest absolute Gasteiger partial charge is 0.494 e. The molecule has 2 rings (SSSR count). The maximum Gasteiger partial charge on any atom is 0.257 e. The lowest BCUT2D eigenvalue weighted by molar-refractivity contribution is 0.00661. The topological polar surface area (TPSA) is 110 Å². The summed E-state index contributed by atoms with van der Waals surface area (Å²) in [6.07, 6.45) is 2.40. The van der Waals surface area contributed by atoms with Crippen molar-refractivity contribution in [3.05, 3.63) is 24.0 Å². The number of hydrogen-bond acceptors (Lipinski definition) is 6. The molecule has 1 amide bonds. The first-order valence-corrected chi connectivity index (χ1v) is 6.03. The number of pyridine rings is 1. The Balaban J connectivity index is 2.16. The van der Waals surface area contributed by atoms with Crippen LogP contribution in [0, 0.1) is 0 Å². The molecule has 1 unspecified atom stereocenters. The van der Waals surface area contributed by atoms with Crippen LogP contribution in [0.4, 0.5) is 0 Å². The molecule has 8 nitrogen and oxygen atoms in total. The molecule has 2 heterocycles. The molecule has 0 bridgehead atoms. The number of oxime groups is 1. The van der Waals surface area contributed by atoms with Crippen LogP contribution in [0.15, 0.2) is 23.6 Å². The van der Waals surface area contributed by atoms with Gasteiger partial charge in [-0.05, 0) is 6.07 Å². The molecule has 1 aliphatic heterocycles. The van der Waals surface area contributed by atoms with Gasteiger partial charge in [0, 0.05) is 12.7 Å². The molecule has 3 N–H and O–H groups in total. The molecule has 0 radical (unpaired) electrons. The van der Waals surface area contributed by atoms with Gasteiger partial charge in [-0.1, -0.05) is 5.16 Å². The minimum Gasteiger partial charge on any atom is -0.494 e. The van der Waals surface area contributed by atoms with Gasteiger partial charge >= 0.3 is 0 Å². The van der Waals surface area contributed by atoms with E-state index < -0.39 is 6.10 Å². The maximum atomic E-state index is 12.5. The second-order valence-electron chi connectivity index (χ2n) is 4.21. The molecule has 0 saturated carbocycles. The first-order chi connectivity index (χ1) is 9.67. The number of aromatic nitrogens is 1. The third-order valence-electron chi connectivity index (χ3n) is 3.03. The van der Waals surface area contributed by atoms with Crippen molar-refractivity contribution in [3.8, 4) is 5.75 Å². The first-order valence-electron chi connectivity index (χ1n) is 6.03. The lowest BCUT2D eigenvalue weighted by Crippen LogP contribution is -2.50. The Bertz CT molecular complexity index is 520. The van der Waals surface area contributed by atoms with E-state index in [9.17, 15) is 4.79 Å². The van der Waals surface area contributed by atoms with Crippen molar-refractivity contribution in [2.24, 2.45) is 10.9 Å². The van der Waals surface area contributed by atoms with Crippen molar-refractivity contribution in [1.82, 2.24) is 9.88 Å². The van der Waals surface area contributed by atoms with Gasteiger partial charge in [-0.25, -0.2) is 0 Å². The third kappa shape index (κ3) is 2.80. The molecule has 1 atom stereocenters. The smallest absolute Gasteiger partial charge is 0.257 e. The van der Waals surface area contributed by atoms with Crippen molar-refractivity contribution in [2.45, 2.75) is 6.10 Å². The summed E-state index contributed by atoms with van der Waals surface area (Å²) in [6, 6.07) is 1.59. The Labute approximate surface area is 115 Å². The highest BCUT2D eigenvalue weighted by Crippen LogP contribution is 2.19. The zero-order valence-corrected chi connectivity index (χ0v) is 11.0. The predicted molar refractivity (Wildman–Crippen MR) is 69.8 cm³/mol. The monoisotopic (exact) mass is 280 g/mol. The molecule has 0 spiro atoms. The Morgan fingerprint density at radius 2 is 2.50 bits per heavy atom. The Hall–Kier alpha value is -2.35. The summed E-state index contributed by atoms with van der Waals surface area (Å²) in [7, 11) is 1.48. The molecule has 1 fully saturated rings. The van der Waals surface area contributed by atoms with Crippen LogP contribution in [-0.2, 0) is 4.74 Å². The van der Waals surface area contributed by atoms with Crippen molar-refractivity contribution in [3.63, 3.8) is 0 Å². The van der Waals surface area contributed by atoms with Crippen LogP contribution in [0.5, 0.6) is 5.75 Å². The average Bonchev–Trinajstić information content (AvgIpc) is 2.53. The van der Waals surface area contributed by atoms with Gasteiger partial charge in [-0.15, -0.1) is 0 Å². The van der Waals surface area contributed by atoms with Crippen LogP contribution in [0.2, 0.25) is 0 Å². The maximum absolute atomic E-state index is 12.5. The highest BCUT2D eigenvalue weighted by molar-refractivity contribution is 5.97. The highest BCUT2D eigenvalue weighted by atomic mass is 16.5. The van der Waals surface area contributed by atoms with Crippen LogP contribution in [0.3, 0.4) is 0 Å². The van der Waals surface area contributed by atoms with Crippen LogP contribution in [0.1, 0.15) is 10.4 Å². The summed E-state index contributed by atoms with van der Waals surface area (Å²) in [4.78, 5) is 17.9. The van der Waals surface area contributed by atoms with E-state index in [4.69, 9.17) is 20.4 Å². The average molecular weight is 280 g/mol. The fraction of sp³-hybridized carbons (Fsp3) is 0.417. The molecule has 1 aliphatic rings. The number of carbonyl (C=O) groups is 1. The van der Waals surface area contributed by atoms with Crippen molar-refractivity contribution < 1.29 is 19.5 Å². The van der Waals surface area contributed by atoms with Crippen LogP contribution >= 0.6 is 0 Å². The van der Waals surface area contributed by atoms with Crippen molar-refractivity contribution >= 4 is 11.7 Å². The van der Waals surface area contributed by atoms with E-state index in [1.165, 1.54) is 19.5 Å². The molecular formula is C12H16N4O4. The van der Waals surface area contributed by atoms with E-state index in [0.717, 1.165) is 0 Å². The molecule has 8 heteroatoms. The summed E-state index contributed by atoms with van der Waals surface area (Å²) in [5.74, 6) is 0.150. The minimum absolute atomic E-state index is 0.0517. The lowest BCUT2D eigenvalue weighted by Gasteiger charge is -2.32. The molecule has 1 saturated heterocycles. The molecule has 0 aliphatic carbocycles. The van der Waals surface area contributed by atoms with E-state index in [1.54, 1.807) is 11.0 Å². The van der Waals surface area contributed by atoms with Gasteiger partial charge in [-0.2, -0.15) is 0 Å². The summed E-state index contributed by atoms with van der Waals surface area (Å²) in [5, 5.41) is 11.6. The van der Waals surface area contributed by atoms with Gasteiger partial charge in [0.1, 0.15) is 11.9 Å². The Morgan fingerprint density at radius 3 is 3.20 bits per heavy atom. The number of nitrogens with two attached hydrogens (primary N) is 1. The number of amidine groups is 1. The fourth-order valence-corrected chi connectivity index (χ4v) is 1.97. The zero-order chi connectivity index (χ0) is 14.5. The summed E-state index contributed by atoms with van der Waals surface area (Å²) in [6.45, 7) is 0.972. The van der Waals surface area contributed by atoms with Crippen molar-refractivity contribution in [2.75, 3.05) is 26.8 Å². The van der Waals surface area contributed by atoms with Gasteiger partial charge in [0.15, 0.2) is 5.84 Å². The molecule has 108 valence electrons. The normalized spacial score (nSPS) is 19.8. The van der Waals surface area contributed by atoms with Gasteiger partial charge < -0.3 is 25.3 Å². The first kappa shape index (κ1) is 14.1. The quantitative estimate of drug-likeness (QED) is 0.340. The molecule has 20 heavy (non-hydrogen) atoms. The van der Waals surface area contributed by atoms with E-state index in [2.05, 4.69) is 10.1 Å². The number of amides is 1. The summed E-state index contributed by atoms with van der Waals surface area (Å²) < 4.78 is 10.5. The minimum atomic E-state index is -0.606. The van der Waals surface area contributed by atoms with Gasteiger partial charge in [0.05, 0.1) is 32.0 Å².